The summed E-state index contributed by atoms with van der Waals surface area (Å²) in [5.41, 5.74) is 7.78. The molecule has 4 heteroatoms. The minimum absolute atomic E-state index is 0.0432. The van der Waals surface area contributed by atoms with E-state index in [0.29, 0.717) is 0 Å². The summed E-state index contributed by atoms with van der Waals surface area (Å²) >= 11 is 0. The molecule has 182 valence electrons. The molecule has 1 saturated heterocycles. The van der Waals surface area contributed by atoms with E-state index in [9.17, 15) is 4.79 Å². The lowest BCUT2D eigenvalue weighted by molar-refractivity contribution is 0.104. The van der Waals surface area contributed by atoms with Gasteiger partial charge in [0.1, 0.15) is 0 Å². The normalized spacial score (nSPS) is 15.1. The highest BCUT2D eigenvalue weighted by atomic mass is 16.1. The molecule has 0 spiro atoms. The summed E-state index contributed by atoms with van der Waals surface area (Å²) < 4.78 is 0. The van der Waals surface area contributed by atoms with Crippen molar-refractivity contribution < 1.29 is 4.79 Å². The number of allylic oxidation sites excluding steroid dienone is 1. The van der Waals surface area contributed by atoms with Crippen LogP contribution in [0.3, 0.4) is 0 Å². The van der Waals surface area contributed by atoms with Crippen molar-refractivity contribution in [1.29, 1.82) is 0 Å². The van der Waals surface area contributed by atoms with Crippen LogP contribution in [-0.4, -0.2) is 62.9 Å². The van der Waals surface area contributed by atoms with Crippen molar-refractivity contribution in [3.8, 4) is 11.1 Å². The first-order chi connectivity index (χ1) is 16.9. The minimum atomic E-state index is 0.0432. The molecule has 3 aromatic carbocycles. The molecule has 0 amide bonds. The summed E-state index contributed by atoms with van der Waals surface area (Å²) in [6.45, 7) is 7.13. The predicted molar refractivity (Wildman–Crippen MR) is 148 cm³/mol. The van der Waals surface area contributed by atoms with E-state index in [2.05, 4.69) is 71.1 Å². The van der Waals surface area contributed by atoms with Gasteiger partial charge in [0.05, 0.1) is 0 Å². The molecule has 0 aromatic heterocycles. The molecule has 0 unspecified atom stereocenters. The maximum atomic E-state index is 13.2. The SMILES string of the molecule is Cc1ccccc1-c1cc(C=CC(=O)c2ccccc2CN(C)C)cc(N2CCCN(C)CC2)c1. The number of carbonyl (C=O) groups excluding carboxylic acids is 1. The molecule has 0 aliphatic carbocycles. The minimum Gasteiger partial charge on any atom is -0.370 e. The molecule has 0 bridgehead atoms. The third-order valence-electron chi connectivity index (χ3n) is 6.68. The lowest BCUT2D eigenvalue weighted by Crippen LogP contribution is -2.28. The quantitative estimate of drug-likeness (QED) is 0.326. The number of rotatable bonds is 7. The van der Waals surface area contributed by atoms with Gasteiger partial charge in [-0.1, -0.05) is 54.6 Å². The Hall–Kier alpha value is -3.21. The van der Waals surface area contributed by atoms with E-state index in [4.69, 9.17) is 0 Å². The topological polar surface area (TPSA) is 26.8 Å². The third kappa shape index (κ3) is 6.47. The van der Waals surface area contributed by atoms with Gasteiger partial charge in [0.25, 0.3) is 0 Å². The Morgan fingerprint density at radius 2 is 1.71 bits per heavy atom. The maximum Gasteiger partial charge on any atom is 0.186 e. The second kappa shape index (κ2) is 11.5. The first-order valence-electron chi connectivity index (χ1n) is 12.5. The fourth-order valence-corrected chi connectivity index (χ4v) is 4.77. The third-order valence-corrected chi connectivity index (χ3v) is 6.68. The molecule has 4 rings (SSSR count). The van der Waals surface area contributed by atoms with Gasteiger partial charge in [-0.05, 0) is 93.1 Å². The summed E-state index contributed by atoms with van der Waals surface area (Å²) in [5, 5.41) is 0. The number of hydrogen-bond acceptors (Lipinski definition) is 4. The Bertz CT molecular complexity index is 1200. The summed E-state index contributed by atoms with van der Waals surface area (Å²) in [5.74, 6) is 0.0432. The molecule has 0 atom stereocenters. The largest absolute Gasteiger partial charge is 0.370 e. The van der Waals surface area contributed by atoms with E-state index in [1.807, 2.05) is 44.4 Å². The number of ketones is 1. The highest BCUT2D eigenvalue weighted by molar-refractivity contribution is 6.07. The van der Waals surface area contributed by atoms with Gasteiger partial charge in [0, 0.05) is 37.4 Å². The van der Waals surface area contributed by atoms with Crippen LogP contribution in [0.5, 0.6) is 0 Å². The summed E-state index contributed by atoms with van der Waals surface area (Å²) in [6, 6.07) is 23.1. The highest BCUT2D eigenvalue weighted by Crippen LogP contribution is 2.30. The van der Waals surface area contributed by atoms with Gasteiger partial charge >= 0.3 is 0 Å². The maximum absolute atomic E-state index is 13.2. The Kier molecular flexibility index (Phi) is 8.17. The molecule has 4 nitrogen and oxygen atoms in total. The van der Waals surface area contributed by atoms with Crippen LogP contribution in [0, 0.1) is 6.92 Å². The Balaban J connectivity index is 1.69. The fourth-order valence-electron chi connectivity index (χ4n) is 4.77. The average Bonchev–Trinajstić information content (AvgIpc) is 3.07. The molecule has 0 radical (unpaired) electrons. The molecular weight excluding hydrogens is 430 g/mol. The van der Waals surface area contributed by atoms with Gasteiger partial charge in [0.15, 0.2) is 5.78 Å². The number of carbonyl (C=O) groups is 1. The van der Waals surface area contributed by atoms with Crippen molar-refractivity contribution in [2.24, 2.45) is 0 Å². The van der Waals surface area contributed by atoms with Crippen molar-refractivity contribution in [2.75, 3.05) is 52.2 Å². The van der Waals surface area contributed by atoms with Crippen LogP contribution < -0.4 is 4.90 Å². The van der Waals surface area contributed by atoms with Gasteiger partial charge < -0.3 is 14.7 Å². The zero-order chi connectivity index (χ0) is 24.8. The predicted octanol–water partition coefficient (Wildman–Crippen LogP) is 5.76. The Morgan fingerprint density at radius 3 is 2.51 bits per heavy atom. The van der Waals surface area contributed by atoms with E-state index >= 15 is 0 Å². The van der Waals surface area contributed by atoms with E-state index in [-0.39, 0.29) is 5.78 Å². The lowest BCUT2D eigenvalue weighted by Gasteiger charge is -2.24. The Morgan fingerprint density at radius 1 is 0.943 bits per heavy atom. The summed E-state index contributed by atoms with van der Waals surface area (Å²) in [4.78, 5) is 20.1. The highest BCUT2D eigenvalue weighted by Gasteiger charge is 2.15. The van der Waals surface area contributed by atoms with Crippen molar-refractivity contribution in [1.82, 2.24) is 9.80 Å². The Labute approximate surface area is 210 Å². The number of hydrogen-bond donors (Lipinski definition) is 0. The van der Waals surface area contributed by atoms with Crippen LogP contribution >= 0.6 is 0 Å². The molecule has 1 heterocycles. The average molecular weight is 468 g/mol. The molecule has 1 aliphatic rings. The standard InChI is InChI=1S/C31H37N3O/c1-24-10-5-7-12-29(24)27-20-25(21-28(22-27)34-17-9-16-33(4)18-19-34)14-15-31(35)30-13-8-6-11-26(30)23-32(2)3/h5-8,10-15,20-22H,9,16-19,23H2,1-4H3. The zero-order valence-electron chi connectivity index (χ0n) is 21.5. The monoisotopic (exact) mass is 467 g/mol. The molecule has 35 heavy (non-hydrogen) atoms. The van der Waals surface area contributed by atoms with Gasteiger partial charge in [0.2, 0.25) is 0 Å². The first-order valence-corrected chi connectivity index (χ1v) is 12.5. The second-order valence-electron chi connectivity index (χ2n) is 9.86. The van der Waals surface area contributed by atoms with Crippen LogP contribution in [0.15, 0.2) is 72.8 Å². The number of nitrogens with zero attached hydrogens (tertiary/aromatic N) is 3. The number of anilines is 1. The van der Waals surface area contributed by atoms with Crippen LogP contribution in [0.1, 0.15) is 33.5 Å². The van der Waals surface area contributed by atoms with Gasteiger partial charge in [-0.25, -0.2) is 0 Å². The van der Waals surface area contributed by atoms with Crippen molar-refractivity contribution in [3.05, 3.63) is 95.1 Å². The number of aryl methyl sites for hydroxylation is 1. The van der Waals surface area contributed by atoms with Gasteiger partial charge in [-0.15, -0.1) is 0 Å². The van der Waals surface area contributed by atoms with E-state index in [1.165, 1.54) is 22.4 Å². The van der Waals surface area contributed by atoms with Crippen LogP contribution in [0.2, 0.25) is 0 Å². The molecule has 3 aromatic rings. The zero-order valence-corrected chi connectivity index (χ0v) is 21.5. The smallest absolute Gasteiger partial charge is 0.186 e. The van der Waals surface area contributed by atoms with Crippen LogP contribution in [-0.2, 0) is 6.54 Å². The fraction of sp³-hybridized carbons (Fsp3) is 0.323. The molecular formula is C31H37N3O. The van der Waals surface area contributed by atoms with E-state index in [0.717, 1.165) is 55.8 Å². The van der Waals surface area contributed by atoms with Crippen molar-refractivity contribution in [2.45, 2.75) is 19.9 Å². The summed E-state index contributed by atoms with van der Waals surface area (Å²) in [6.07, 6.45) is 4.85. The second-order valence-corrected chi connectivity index (χ2v) is 9.86. The molecule has 0 N–H and O–H groups in total. The lowest BCUT2D eigenvalue weighted by atomic mass is 9.97. The number of likely N-dealkylation sites (N-methyl/N-ethyl adjacent to an activating group) is 1. The molecule has 0 saturated carbocycles. The van der Waals surface area contributed by atoms with Crippen molar-refractivity contribution in [3.63, 3.8) is 0 Å². The molecule has 1 aliphatic heterocycles. The van der Waals surface area contributed by atoms with E-state index in [1.54, 1.807) is 6.08 Å². The number of benzene rings is 3. The first kappa shape index (κ1) is 24.9. The van der Waals surface area contributed by atoms with Gasteiger partial charge in [-0.3, -0.25) is 4.79 Å². The van der Waals surface area contributed by atoms with Crippen molar-refractivity contribution >= 4 is 17.5 Å². The van der Waals surface area contributed by atoms with Crippen LogP contribution in [0.25, 0.3) is 17.2 Å². The van der Waals surface area contributed by atoms with Gasteiger partial charge in [-0.2, -0.15) is 0 Å². The van der Waals surface area contributed by atoms with E-state index < -0.39 is 0 Å². The summed E-state index contributed by atoms with van der Waals surface area (Å²) in [7, 11) is 6.24. The molecule has 1 fully saturated rings. The van der Waals surface area contributed by atoms with Crippen LogP contribution in [0.4, 0.5) is 5.69 Å².